The topological polar surface area (TPSA) is 118 Å². The Hall–Kier alpha value is -2.16. The summed E-state index contributed by atoms with van der Waals surface area (Å²) < 4.78 is 4.81. The van der Waals surface area contributed by atoms with E-state index in [1.807, 2.05) is 0 Å². The summed E-state index contributed by atoms with van der Waals surface area (Å²) in [6, 6.07) is 0. The van der Waals surface area contributed by atoms with Gasteiger partial charge < -0.3 is 15.0 Å². The first-order valence-corrected chi connectivity index (χ1v) is 5.86. The van der Waals surface area contributed by atoms with Crippen LogP contribution < -0.4 is 21.5 Å². The van der Waals surface area contributed by atoms with Crippen molar-refractivity contribution in [1.29, 1.82) is 0 Å². The molecule has 0 radical (unpaired) electrons. The minimum absolute atomic E-state index is 0.238. The average molecular weight is 269 g/mol. The fraction of sp³-hybridized carbons (Fsp3) is 0.600. The van der Waals surface area contributed by atoms with Crippen LogP contribution >= 0.6 is 0 Å². The highest BCUT2D eigenvalue weighted by Crippen LogP contribution is 2.10. The van der Waals surface area contributed by atoms with Gasteiger partial charge in [0, 0.05) is 20.6 Å². The number of hydrazine groups is 1. The van der Waals surface area contributed by atoms with Gasteiger partial charge >= 0.3 is 5.97 Å². The first-order chi connectivity index (χ1) is 9.06. The van der Waals surface area contributed by atoms with Crippen LogP contribution in [-0.4, -0.2) is 48.2 Å². The molecule has 0 bridgehead atoms. The zero-order valence-corrected chi connectivity index (χ0v) is 11.3. The van der Waals surface area contributed by atoms with E-state index < -0.39 is 0 Å². The molecule has 0 atom stereocenters. The first-order valence-electron chi connectivity index (χ1n) is 5.86. The Balaban J connectivity index is 2.62. The van der Waals surface area contributed by atoms with Gasteiger partial charge in [-0.15, -0.1) is 0 Å². The van der Waals surface area contributed by atoms with Crippen LogP contribution in [0.1, 0.15) is 13.3 Å². The monoisotopic (exact) mass is 269 g/mol. The van der Waals surface area contributed by atoms with Gasteiger partial charge in [-0.05, 0) is 6.92 Å². The molecular formula is C10H19N7O2. The van der Waals surface area contributed by atoms with Gasteiger partial charge in [0.05, 0.1) is 13.0 Å². The second-order valence-corrected chi connectivity index (χ2v) is 3.80. The maximum absolute atomic E-state index is 11.2. The van der Waals surface area contributed by atoms with Crippen LogP contribution in [0.2, 0.25) is 0 Å². The van der Waals surface area contributed by atoms with E-state index in [1.54, 1.807) is 25.9 Å². The number of carbonyl (C=O) groups is 1. The van der Waals surface area contributed by atoms with Crippen molar-refractivity contribution in [3.8, 4) is 0 Å². The number of nitrogens with zero attached hydrogens (tertiary/aromatic N) is 4. The summed E-state index contributed by atoms with van der Waals surface area (Å²) in [4.78, 5) is 25.2. The molecule has 9 heteroatoms. The summed E-state index contributed by atoms with van der Waals surface area (Å²) in [5.74, 6) is 6.06. The number of carbonyl (C=O) groups excluding carboxylic acids is 1. The molecule has 0 saturated heterocycles. The number of esters is 1. The van der Waals surface area contributed by atoms with Gasteiger partial charge in [0.2, 0.25) is 17.8 Å². The van der Waals surface area contributed by atoms with Crippen molar-refractivity contribution < 1.29 is 9.53 Å². The van der Waals surface area contributed by atoms with Crippen molar-refractivity contribution in [2.45, 2.75) is 13.3 Å². The fourth-order valence-corrected chi connectivity index (χ4v) is 1.22. The van der Waals surface area contributed by atoms with Crippen LogP contribution in [0.5, 0.6) is 0 Å². The number of nitrogen functional groups attached to an aromatic ring is 1. The highest BCUT2D eigenvalue weighted by molar-refractivity contribution is 5.69. The molecule has 1 rings (SSSR count). The van der Waals surface area contributed by atoms with Crippen LogP contribution in [0.3, 0.4) is 0 Å². The molecule has 0 aliphatic rings. The van der Waals surface area contributed by atoms with Crippen LogP contribution in [0.15, 0.2) is 0 Å². The molecule has 19 heavy (non-hydrogen) atoms. The molecule has 0 aliphatic carbocycles. The van der Waals surface area contributed by atoms with Crippen molar-refractivity contribution in [2.75, 3.05) is 42.9 Å². The van der Waals surface area contributed by atoms with Crippen molar-refractivity contribution in [1.82, 2.24) is 15.0 Å². The molecule has 1 heterocycles. The van der Waals surface area contributed by atoms with Crippen molar-refractivity contribution in [3.05, 3.63) is 0 Å². The largest absolute Gasteiger partial charge is 0.466 e. The highest BCUT2D eigenvalue weighted by atomic mass is 16.5. The summed E-state index contributed by atoms with van der Waals surface area (Å²) in [5.41, 5.74) is 2.36. The first kappa shape index (κ1) is 14.9. The smallest absolute Gasteiger partial charge is 0.307 e. The molecule has 0 saturated carbocycles. The van der Waals surface area contributed by atoms with E-state index in [-0.39, 0.29) is 18.3 Å². The van der Waals surface area contributed by atoms with E-state index in [0.717, 1.165) is 0 Å². The standard InChI is InChI=1S/C10H19N7O2/c1-4-19-7(18)5-6-12-8-13-9(16-11)15-10(14-8)17(2)3/h4-6,11H2,1-3H3,(H2,12,13,14,15,16). The molecule has 106 valence electrons. The number of ether oxygens (including phenoxy) is 1. The maximum atomic E-state index is 11.2. The molecule has 0 aliphatic heterocycles. The number of hydrogen-bond donors (Lipinski definition) is 3. The van der Waals surface area contributed by atoms with Gasteiger partial charge in [0.25, 0.3) is 0 Å². The SMILES string of the molecule is CCOC(=O)CCNc1nc(NN)nc(N(C)C)n1. The Bertz CT molecular complexity index is 424. The summed E-state index contributed by atoms with van der Waals surface area (Å²) in [7, 11) is 3.61. The van der Waals surface area contributed by atoms with E-state index >= 15 is 0 Å². The Labute approximate surface area is 111 Å². The number of nitrogens with two attached hydrogens (primary N) is 1. The quantitative estimate of drug-likeness (QED) is 0.344. The van der Waals surface area contributed by atoms with Gasteiger partial charge in [-0.3, -0.25) is 10.2 Å². The predicted octanol–water partition coefficient (Wildman–Crippen LogP) is -0.412. The number of hydrogen-bond acceptors (Lipinski definition) is 9. The summed E-state index contributed by atoms with van der Waals surface area (Å²) >= 11 is 0. The summed E-state index contributed by atoms with van der Waals surface area (Å²) in [6.07, 6.45) is 0.238. The Kier molecular flexibility index (Phi) is 5.73. The Morgan fingerprint density at radius 3 is 2.58 bits per heavy atom. The number of anilines is 3. The lowest BCUT2D eigenvalue weighted by Crippen LogP contribution is -2.20. The third-order valence-corrected chi connectivity index (χ3v) is 2.07. The van der Waals surface area contributed by atoms with E-state index in [0.29, 0.717) is 25.0 Å². The molecule has 0 aromatic carbocycles. The van der Waals surface area contributed by atoms with Gasteiger partial charge in [0.15, 0.2) is 0 Å². The zero-order valence-electron chi connectivity index (χ0n) is 11.3. The number of aromatic nitrogens is 3. The van der Waals surface area contributed by atoms with Gasteiger partial charge in [-0.1, -0.05) is 0 Å². The predicted molar refractivity (Wildman–Crippen MR) is 71.7 cm³/mol. The maximum Gasteiger partial charge on any atom is 0.307 e. The molecule has 0 spiro atoms. The van der Waals surface area contributed by atoms with E-state index in [9.17, 15) is 4.79 Å². The van der Waals surface area contributed by atoms with Crippen LogP contribution in [-0.2, 0) is 9.53 Å². The third kappa shape index (κ3) is 4.92. The lowest BCUT2D eigenvalue weighted by atomic mass is 10.4. The lowest BCUT2D eigenvalue weighted by Gasteiger charge is -2.12. The molecule has 4 N–H and O–H groups in total. The summed E-state index contributed by atoms with van der Waals surface area (Å²) in [6.45, 7) is 2.51. The molecule has 0 amide bonds. The second kappa shape index (κ2) is 7.31. The molecule has 0 fully saturated rings. The minimum Gasteiger partial charge on any atom is -0.466 e. The van der Waals surface area contributed by atoms with Crippen LogP contribution in [0, 0.1) is 0 Å². The van der Waals surface area contributed by atoms with Crippen molar-refractivity contribution in [3.63, 3.8) is 0 Å². The zero-order chi connectivity index (χ0) is 14.3. The van der Waals surface area contributed by atoms with Gasteiger partial charge in [0.1, 0.15) is 0 Å². The molecule has 1 aromatic rings. The number of rotatable bonds is 7. The Morgan fingerprint density at radius 1 is 1.32 bits per heavy atom. The van der Waals surface area contributed by atoms with E-state index in [1.165, 1.54) is 0 Å². The fourth-order valence-electron chi connectivity index (χ4n) is 1.22. The Morgan fingerprint density at radius 2 is 2.00 bits per heavy atom. The molecule has 1 aromatic heterocycles. The summed E-state index contributed by atoms with van der Waals surface area (Å²) in [5, 5.41) is 2.92. The van der Waals surface area contributed by atoms with Gasteiger partial charge in [-0.25, -0.2) is 5.84 Å². The van der Waals surface area contributed by atoms with Crippen LogP contribution in [0.25, 0.3) is 0 Å². The normalized spacial score (nSPS) is 9.89. The molecular weight excluding hydrogens is 250 g/mol. The highest BCUT2D eigenvalue weighted by Gasteiger charge is 2.08. The molecule has 9 nitrogen and oxygen atoms in total. The van der Waals surface area contributed by atoms with Crippen LogP contribution in [0.4, 0.5) is 17.8 Å². The van der Waals surface area contributed by atoms with Gasteiger partial charge in [-0.2, -0.15) is 15.0 Å². The number of nitrogens with one attached hydrogen (secondary N) is 2. The molecule has 0 unspecified atom stereocenters. The second-order valence-electron chi connectivity index (χ2n) is 3.80. The van der Waals surface area contributed by atoms with E-state index in [2.05, 4.69) is 25.7 Å². The average Bonchev–Trinajstić information content (AvgIpc) is 2.38. The van der Waals surface area contributed by atoms with E-state index in [4.69, 9.17) is 10.6 Å². The third-order valence-electron chi connectivity index (χ3n) is 2.07. The van der Waals surface area contributed by atoms with Crippen molar-refractivity contribution in [2.24, 2.45) is 5.84 Å². The van der Waals surface area contributed by atoms with Crippen molar-refractivity contribution >= 4 is 23.8 Å². The minimum atomic E-state index is -0.269. The lowest BCUT2D eigenvalue weighted by molar-refractivity contribution is -0.142.